The van der Waals surface area contributed by atoms with E-state index in [-0.39, 0.29) is 18.9 Å². The van der Waals surface area contributed by atoms with Gasteiger partial charge in [-0.2, -0.15) is 0 Å². The summed E-state index contributed by atoms with van der Waals surface area (Å²) >= 11 is 0. The van der Waals surface area contributed by atoms with Crippen LogP contribution in [-0.2, 0) is 4.74 Å². The molecular weight excluding hydrogens is 315 g/mol. The van der Waals surface area contributed by atoms with E-state index in [1.54, 1.807) is 0 Å². The predicted molar refractivity (Wildman–Crippen MR) is 77.7 cm³/mol. The van der Waals surface area contributed by atoms with Crippen LogP contribution in [0.3, 0.4) is 0 Å². The van der Waals surface area contributed by atoms with Crippen LogP contribution in [0.4, 0.5) is 13.2 Å². The standard InChI is InChI=1S/C15H20F3NO4/c1-9(2)12-10(14(19)20)5-6-11(21-3)13(12)22-7-4-8-23-15(16,17)18/h5-6,9H,4,7-8H2,1-3H3,(H2,19,20). The van der Waals surface area contributed by atoms with Gasteiger partial charge >= 0.3 is 6.36 Å². The van der Waals surface area contributed by atoms with Crippen molar-refractivity contribution >= 4 is 5.91 Å². The minimum atomic E-state index is -4.66. The average molecular weight is 335 g/mol. The van der Waals surface area contributed by atoms with E-state index in [9.17, 15) is 18.0 Å². The number of hydrogen-bond donors (Lipinski definition) is 1. The molecular formula is C15H20F3NO4. The van der Waals surface area contributed by atoms with E-state index in [0.29, 0.717) is 22.6 Å². The number of amides is 1. The largest absolute Gasteiger partial charge is 0.522 e. The fraction of sp³-hybridized carbons (Fsp3) is 0.533. The molecule has 0 radical (unpaired) electrons. The number of hydrogen-bond acceptors (Lipinski definition) is 4. The number of nitrogens with two attached hydrogens (primary N) is 1. The highest BCUT2D eigenvalue weighted by molar-refractivity contribution is 5.95. The first kappa shape index (κ1) is 19.1. The van der Waals surface area contributed by atoms with Crippen LogP contribution in [0.25, 0.3) is 0 Å². The number of rotatable bonds is 8. The molecule has 0 unspecified atom stereocenters. The molecule has 1 rings (SSSR count). The highest BCUT2D eigenvalue weighted by Crippen LogP contribution is 2.38. The van der Waals surface area contributed by atoms with Crippen LogP contribution in [0.5, 0.6) is 11.5 Å². The minimum absolute atomic E-state index is 0.0195. The fourth-order valence-electron chi connectivity index (χ4n) is 2.10. The Morgan fingerprint density at radius 3 is 2.39 bits per heavy atom. The maximum absolute atomic E-state index is 11.9. The molecule has 1 aromatic rings. The number of alkyl halides is 3. The van der Waals surface area contributed by atoms with Crippen LogP contribution in [-0.4, -0.2) is 32.6 Å². The van der Waals surface area contributed by atoms with Crippen LogP contribution >= 0.6 is 0 Å². The zero-order chi connectivity index (χ0) is 17.6. The second-order valence-corrected chi connectivity index (χ2v) is 5.07. The molecule has 1 aromatic carbocycles. The lowest BCUT2D eigenvalue weighted by atomic mass is 9.95. The highest BCUT2D eigenvalue weighted by Gasteiger charge is 2.28. The minimum Gasteiger partial charge on any atom is -0.493 e. The summed E-state index contributed by atoms with van der Waals surface area (Å²) < 4.78 is 50.1. The normalized spacial score (nSPS) is 11.6. The van der Waals surface area contributed by atoms with E-state index in [1.165, 1.54) is 19.2 Å². The van der Waals surface area contributed by atoms with Crippen molar-refractivity contribution in [1.29, 1.82) is 0 Å². The molecule has 0 aromatic heterocycles. The molecule has 0 fully saturated rings. The van der Waals surface area contributed by atoms with E-state index in [2.05, 4.69) is 4.74 Å². The van der Waals surface area contributed by atoms with E-state index in [4.69, 9.17) is 15.2 Å². The summed E-state index contributed by atoms with van der Waals surface area (Å²) in [5, 5.41) is 0. The number of primary amides is 1. The Hall–Kier alpha value is -1.96. The fourth-order valence-corrected chi connectivity index (χ4v) is 2.10. The number of ether oxygens (including phenoxy) is 3. The van der Waals surface area contributed by atoms with Gasteiger partial charge in [0, 0.05) is 17.5 Å². The monoisotopic (exact) mass is 335 g/mol. The molecule has 0 bridgehead atoms. The second-order valence-electron chi connectivity index (χ2n) is 5.07. The van der Waals surface area contributed by atoms with Gasteiger partial charge in [-0.3, -0.25) is 9.53 Å². The summed E-state index contributed by atoms with van der Waals surface area (Å²) in [6.07, 6.45) is -4.63. The number of halogens is 3. The summed E-state index contributed by atoms with van der Waals surface area (Å²) in [5.74, 6) is -0.00289. The zero-order valence-electron chi connectivity index (χ0n) is 13.2. The van der Waals surface area contributed by atoms with Gasteiger partial charge in [0.25, 0.3) is 0 Å². The van der Waals surface area contributed by atoms with Gasteiger partial charge in [0.15, 0.2) is 11.5 Å². The van der Waals surface area contributed by atoms with Crippen LogP contribution in [0, 0.1) is 0 Å². The van der Waals surface area contributed by atoms with Crippen molar-refractivity contribution in [1.82, 2.24) is 0 Å². The molecule has 130 valence electrons. The lowest BCUT2D eigenvalue weighted by Crippen LogP contribution is -2.17. The molecule has 0 aliphatic heterocycles. The van der Waals surface area contributed by atoms with E-state index < -0.39 is 18.9 Å². The molecule has 0 aliphatic rings. The molecule has 23 heavy (non-hydrogen) atoms. The second kappa shape index (κ2) is 8.05. The summed E-state index contributed by atoms with van der Waals surface area (Å²) in [4.78, 5) is 11.5. The highest BCUT2D eigenvalue weighted by atomic mass is 19.4. The molecule has 0 aliphatic carbocycles. The van der Waals surface area contributed by atoms with Gasteiger partial charge in [0.05, 0.1) is 20.3 Å². The molecule has 0 saturated carbocycles. The van der Waals surface area contributed by atoms with Gasteiger partial charge in [-0.25, -0.2) is 0 Å². The smallest absolute Gasteiger partial charge is 0.493 e. The molecule has 0 saturated heterocycles. The van der Waals surface area contributed by atoms with Crippen molar-refractivity contribution < 1.29 is 32.2 Å². The third-order valence-electron chi connectivity index (χ3n) is 3.02. The van der Waals surface area contributed by atoms with Crippen molar-refractivity contribution in [3.63, 3.8) is 0 Å². The molecule has 2 N–H and O–H groups in total. The SMILES string of the molecule is COc1ccc(C(N)=O)c(C(C)C)c1OCCCOC(F)(F)F. The maximum atomic E-state index is 11.9. The Morgan fingerprint density at radius 1 is 1.26 bits per heavy atom. The van der Waals surface area contributed by atoms with Gasteiger partial charge in [0.2, 0.25) is 5.91 Å². The van der Waals surface area contributed by atoms with E-state index in [1.807, 2.05) is 13.8 Å². The van der Waals surface area contributed by atoms with Crippen molar-refractivity contribution in [3.8, 4) is 11.5 Å². The van der Waals surface area contributed by atoms with Gasteiger partial charge in [0.1, 0.15) is 0 Å². The lowest BCUT2D eigenvalue weighted by Gasteiger charge is -2.19. The Morgan fingerprint density at radius 2 is 1.91 bits per heavy atom. The number of benzene rings is 1. The molecule has 0 atom stereocenters. The first-order chi connectivity index (χ1) is 10.7. The number of methoxy groups -OCH3 is 1. The van der Waals surface area contributed by atoms with Crippen LogP contribution < -0.4 is 15.2 Å². The Labute approximate surface area is 132 Å². The maximum Gasteiger partial charge on any atom is 0.522 e. The zero-order valence-corrected chi connectivity index (χ0v) is 13.2. The Bertz CT molecular complexity index is 544. The van der Waals surface area contributed by atoms with Crippen LogP contribution in [0.2, 0.25) is 0 Å². The van der Waals surface area contributed by atoms with Gasteiger partial charge < -0.3 is 15.2 Å². The van der Waals surface area contributed by atoms with Crippen LogP contribution in [0.1, 0.15) is 42.1 Å². The molecule has 8 heteroatoms. The molecule has 1 amide bonds. The molecule has 0 spiro atoms. The van der Waals surface area contributed by atoms with Gasteiger partial charge in [-0.05, 0) is 18.1 Å². The summed E-state index contributed by atoms with van der Waals surface area (Å²) in [6, 6.07) is 3.07. The summed E-state index contributed by atoms with van der Waals surface area (Å²) in [7, 11) is 1.43. The number of carbonyl (C=O) groups excluding carboxylic acids is 1. The van der Waals surface area contributed by atoms with Crippen molar-refractivity contribution in [3.05, 3.63) is 23.3 Å². The average Bonchev–Trinajstić information content (AvgIpc) is 2.44. The number of carbonyl (C=O) groups is 1. The first-order valence-corrected chi connectivity index (χ1v) is 7.01. The van der Waals surface area contributed by atoms with Crippen molar-refractivity contribution in [2.45, 2.75) is 32.5 Å². The third-order valence-corrected chi connectivity index (χ3v) is 3.02. The molecule has 0 heterocycles. The van der Waals surface area contributed by atoms with Crippen molar-refractivity contribution in [2.24, 2.45) is 5.73 Å². The summed E-state index contributed by atoms with van der Waals surface area (Å²) in [5.41, 5.74) is 6.21. The van der Waals surface area contributed by atoms with Gasteiger partial charge in [-0.1, -0.05) is 13.8 Å². The first-order valence-electron chi connectivity index (χ1n) is 7.01. The van der Waals surface area contributed by atoms with E-state index >= 15 is 0 Å². The van der Waals surface area contributed by atoms with E-state index in [0.717, 1.165) is 0 Å². The topological polar surface area (TPSA) is 70.8 Å². The lowest BCUT2D eigenvalue weighted by molar-refractivity contribution is -0.324. The predicted octanol–water partition coefficient (Wildman–Crippen LogP) is 3.22. The Balaban J connectivity index is 2.90. The summed E-state index contributed by atoms with van der Waals surface area (Å²) in [6.45, 7) is 3.16. The Kier molecular flexibility index (Phi) is 6.68. The third kappa shape index (κ3) is 5.63. The quantitative estimate of drug-likeness (QED) is 0.741. The van der Waals surface area contributed by atoms with Gasteiger partial charge in [-0.15, -0.1) is 13.2 Å². The molecule has 5 nitrogen and oxygen atoms in total. The van der Waals surface area contributed by atoms with Crippen LogP contribution in [0.15, 0.2) is 12.1 Å². The van der Waals surface area contributed by atoms with Crippen molar-refractivity contribution in [2.75, 3.05) is 20.3 Å².